The second-order valence-corrected chi connectivity index (χ2v) is 8.85. The molecule has 2 heterocycles. The molecule has 1 aromatic carbocycles. The SMILES string of the molecule is CCCN1C(=O)/C(=C\c2ccc(OC(C)C(=O)O)c(OC)c2)S/C1=N/c1nnc(CC)s1. The van der Waals surface area contributed by atoms with Crippen molar-refractivity contribution in [3.63, 3.8) is 0 Å². The molecule has 0 radical (unpaired) electrons. The van der Waals surface area contributed by atoms with Crippen LogP contribution >= 0.6 is 23.1 Å². The molecule has 1 aliphatic rings. The molecule has 1 fully saturated rings. The minimum absolute atomic E-state index is 0.130. The summed E-state index contributed by atoms with van der Waals surface area (Å²) in [5.74, 6) is -0.513. The maximum atomic E-state index is 13.0. The Kier molecular flexibility index (Phi) is 7.86. The molecule has 1 amide bonds. The molecule has 170 valence electrons. The molecular formula is C21H24N4O5S2. The number of carbonyl (C=O) groups excluding carboxylic acids is 1. The first-order chi connectivity index (χ1) is 15.4. The number of methoxy groups -OCH3 is 1. The quantitative estimate of drug-likeness (QED) is 0.541. The first kappa shape index (κ1) is 23.7. The third kappa shape index (κ3) is 5.46. The minimum atomic E-state index is -1.07. The molecule has 2 aromatic rings. The number of rotatable bonds is 9. The molecule has 0 spiro atoms. The Morgan fingerprint density at radius 1 is 1.31 bits per heavy atom. The van der Waals surface area contributed by atoms with Gasteiger partial charge in [-0.25, -0.2) is 4.79 Å². The van der Waals surface area contributed by atoms with Gasteiger partial charge < -0.3 is 14.6 Å². The molecule has 1 aromatic heterocycles. The van der Waals surface area contributed by atoms with Crippen molar-refractivity contribution in [2.45, 2.75) is 39.7 Å². The lowest BCUT2D eigenvalue weighted by Gasteiger charge is -2.14. The molecule has 0 bridgehead atoms. The van der Waals surface area contributed by atoms with E-state index in [9.17, 15) is 9.59 Å². The van der Waals surface area contributed by atoms with Crippen LogP contribution in [0.1, 0.15) is 37.8 Å². The Morgan fingerprint density at radius 2 is 2.09 bits per heavy atom. The number of carboxylic acid groups (broad SMARTS) is 1. The first-order valence-electron chi connectivity index (χ1n) is 10.1. The van der Waals surface area contributed by atoms with Gasteiger partial charge in [-0.3, -0.25) is 9.69 Å². The Hall–Kier alpha value is -2.92. The number of aromatic nitrogens is 2. The predicted molar refractivity (Wildman–Crippen MR) is 125 cm³/mol. The molecule has 1 N–H and O–H groups in total. The van der Waals surface area contributed by atoms with Gasteiger partial charge in [-0.15, -0.1) is 10.2 Å². The van der Waals surface area contributed by atoms with Gasteiger partial charge in [0.05, 0.1) is 12.0 Å². The van der Waals surface area contributed by atoms with Crippen LogP contribution in [0.3, 0.4) is 0 Å². The van der Waals surface area contributed by atoms with Gasteiger partial charge in [0.1, 0.15) is 5.01 Å². The zero-order chi connectivity index (χ0) is 23.3. The summed E-state index contributed by atoms with van der Waals surface area (Å²) in [6.45, 7) is 5.99. The van der Waals surface area contributed by atoms with Crippen LogP contribution < -0.4 is 9.47 Å². The monoisotopic (exact) mass is 476 g/mol. The van der Waals surface area contributed by atoms with E-state index in [4.69, 9.17) is 14.6 Å². The summed E-state index contributed by atoms with van der Waals surface area (Å²) in [6, 6.07) is 5.06. The van der Waals surface area contributed by atoms with E-state index in [0.29, 0.717) is 33.2 Å². The van der Waals surface area contributed by atoms with E-state index in [1.54, 1.807) is 29.2 Å². The topological polar surface area (TPSA) is 114 Å². The highest BCUT2D eigenvalue weighted by Crippen LogP contribution is 2.36. The lowest BCUT2D eigenvalue weighted by atomic mass is 10.1. The van der Waals surface area contributed by atoms with Crippen LogP contribution in [-0.4, -0.2) is 57.0 Å². The molecule has 1 aliphatic heterocycles. The van der Waals surface area contributed by atoms with Crippen molar-refractivity contribution in [1.29, 1.82) is 0 Å². The highest BCUT2D eigenvalue weighted by molar-refractivity contribution is 8.18. The van der Waals surface area contributed by atoms with E-state index in [0.717, 1.165) is 23.4 Å². The van der Waals surface area contributed by atoms with Gasteiger partial charge in [0.25, 0.3) is 5.91 Å². The zero-order valence-electron chi connectivity index (χ0n) is 18.2. The zero-order valence-corrected chi connectivity index (χ0v) is 19.8. The number of nitrogens with zero attached hydrogens (tertiary/aromatic N) is 4. The van der Waals surface area contributed by atoms with Crippen LogP contribution in [0.15, 0.2) is 28.1 Å². The summed E-state index contributed by atoms with van der Waals surface area (Å²) >= 11 is 2.69. The summed E-state index contributed by atoms with van der Waals surface area (Å²) in [5, 5.41) is 19.2. The fraction of sp³-hybridized carbons (Fsp3) is 0.381. The van der Waals surface area contributed by atoms with Crippen molar-refractivity contribution in [3.8, 4) is 11.5 Å². The Bertz CT molecular complexity index is 1070. The minimum Gasteiger partial charge on any atom is -0.493 e. The van der Waals surface area contributed by atoms with Crippen molar-refractivity contribution in [2.24, 2.45) is 4.99 Å². The van der Waals surface area contributed by atoms with Crippen molar-refractivity contribution in [1.82, 2.24) is 15.1 Å². The number of amidine groups is 1. The molecule has 11 heteroatoms. The van der Waals surface area contributed by atoms with Gasteiger partial charge in [0, 0.05) is 6.54 Å². The smallest absolute Gasteiger partial charge is 0.344 e. The highest BCUT2D eigenvalue weighted by atomic mass is 32.2. The van der Waals surface area contributed by atoms with Crippen molar-refractivity contribution < 1.29 is 24.2 Å². The van der Waals surface area contributed by atoms with E-state index in [-0.39, 0.29) is 5.91 Å². The second-order valence-electron chi connectivity index (χ2n) is 6.80. The molecule has 1 unspecified atom stereocenters. The van der Waals surface area contributed by atoms with Crippen LogP contribution in [0.5, 0.6) is 11.5 Å². The number of aliphatic imine (C=N–C) groups is 1. The number of hydrogen-bond acceptors (Lipinski definition) is 9. The molecule has 32 heavy (non-hydrogen) atoms. The number of ether oxygens (including phenoxy) is 2. The molecule has 0 saturated carbocycles. The van der Waals surface area contributed by atoms with E-state index in [1.807, 2.05) is 13.8 Å². The van der Waals surface area contributed by atoms with Gasteiger partial charge in [-0.1, -0.05) is 31.3 Å². The van der Waals surface area contributed by atoms with Crippen LogP contribution in [0.2, 0.25) is 0 Å². The highest BCUT2D eigenvalue weighted by Gasteiger charge is 2.33. The third-order valence-electron chi connectivity index (χ3n) is 4.42. The molecule has 1 atom stereocenters. The largest absolute Gasteiger partial charge is 0.493 e. The van der Waals surface area contributed by atoms with Crippen LogP contribution in [-0.2, 0) is 16.0 Å². The van der Waals surface area contributed by atoms with Crippen LogP contribution in [0.25, 0.3) is 6.08 Å². The standard InChI is InChI=1S/C21H24N4O5S2/c1-5-9-25-18(26)16(31-21(25)22-20-24-23-17(6-2)32-20)11-13-7-8-14(15(10-13)29-4)30-12(3)19(27)28/h7-8,10-12H,5-6,9H2,1-4H3,(H,27,28)/b16-11+,22-21+. The summed E-state index contributed by atoms with van der Waals surface area (Å²) in [4.78, 5) is 30.8. The first-order valence-corrected chi connectivity index (χ1v) is 11.7. The third-order valence-corrected chi connectivity index (χ3v) is 6.39. The van der Waals surface area contributed by atoms with E-state index >= 15 is 0 Å². The van der Waals surface area contributed by atoms with Gasteiger partial charge in [-0.2, -0.15) is 4.99 Å². The summed E-state index contributed by atoms with van der Waals surface area (Å²) < 4.78 is 10.8. The van der Waals surface area contributed by atoms with Crippen LogP contribution in [0, 0.1) is 0 Å². The average molecular weight is 477 g/mol. The normalized spacial score (nSPS) is 17.2. The number of aliphatic carboxylic acids is 1. The van der Waals surface area contributed by atoms with Crippen molar-refractivity contribution >= 4 is 51.4 Å². The maximum Gasteiger partial charge on any atom is 0.344 e. The fourth-order valence-electron chi connectivity index (χ4n) is 2.79. The number of carboxylic acids is 1. The molecule has 1 saturated heterocycles. The number of amides is 1. The number of thioether (sulfide) groups is 1. The molecule has 3 rings (SSSR count). The molecule has 9 nitrogen and oxygen atoms in total. The van der Waals surface area contributed by atoms with Crippen molar-refractivity contribution in [2.75, 3.05) is 13.7 Å². The van der Waals surface area contributed by atoms with Crippen molar-refractivity contribution in [3.05, 3.63) is 33.7 Å². The van der Waals surface area contributed by atoms with Gasteiger partial charge in [0.2, 0.25) is 5.13 Å². The second kappa shape index (κ2) is 10.6. The van der Waals surface area contributed by atoms with E-state index < -0.39 is 12.1 Å². The van der Waals surface area contributed by atoms with Gasteiger partial charge in [-0.05, 0) is 55.3 Å². The van der Waals surface area contributed by atoms with E-state index in [2.05, 4.69) is 15.2 Å². The number of aryl methyl sites for hydroxylation is 1. The van der Waals surface area contributed by atoms with Crippen LogP contribution in [0.4, 0.5) is 5.13 Å². The average Bonchev–Trinajstić information content (AvgIpc) is 3.34. The van der Waals surface area contributed by atoms with Gasteiger partial charge >= 0.3 is 5.97 Å². The number of hydrogen-bond donors (Lipinski definition) is 1. The Morgan fingerprint density at radius 3 is 2.72 bits per heavy atom. The van der Waals surface area contributed by atoms with Gasteiger partial charge in [0.15, 0.2) is 22.8 Å². The lowest BCUT2D eigenvalue weighted by molar-refractivity contribution is -0.144. The maximum absolute atomic E-state index is 13.0. The fourth-order valence-corrected chi connectivity index (χ4v) is 4.50. The summed E-state index contributed by atoms with van der Waals surface area (Å²) in [7, 11) is 1.47. The predicted octanol–water partition coefficient (Wildman–Crippen LogP) is 3.98. The molecule has 0 aliphatic carbocycles. The Balaban J connectivity index is 1.88. The summed E-state index contributed by atoms with van der Waals surface area (Å²) in [6.07, 6.45) is 2.31. The summed E-state index contributed by atoms with van der Waals surface area (Å²) in [5.41, 5.74) is 0.718. The Labute approximate surface area is 194 Å². The number of benzene rings is 1. The van der Waals surface area contributed by atoms with E-state index in [1.165, 1.54) is 37.1 Å². The number of carbonyl (C=O) groups is 2. The lowest BCUT2D eigenvalue weighted by Crippen LogP contribution is -2.29. The molecular weight excluding hydrogens is 452 g/mol.